The van der Waals surface area contributed by atoms with Crippen molar-refractivity contribution in [1.82, 2.24) is 4.90 Å². The van der Waals surface area contributed by atoms with Gasteiger partial charge in [0, 0.05) is 10.6 Å². The zero-order valence-corrected chi connectivity index (χ0v) is 21.9. The van der Waals surface area contributed by atoms with Crippen LogP contribution in [0.2, 0.25) is 0 Å². The van der Waals surface area contributed by atoms with Gasteiger partial charge >= 0.3 is 0 Å². The van der Waals surface area contributed by atoms with E-state index in [4.69, 9.17) is 9.47 Å². The van der Waals surface area contributed by atoms with Crippen LogP contribution in [0, 0.1) is 0 Å². The Kier molecular flexibility index (Phi) is 7.82. The molecule has 5 rings (SSSR count). The van der Waals surface area contributed by atoms with Gasteiger partial charge in [-0.25, -0.2) is 0 Å². The molecule has 4 aromatic rings. The number of amides is 2. The van der Waals surface area contributed by atoms with Crippen LogP contribution in [0.1, 0.15) is 11.1 Å². The third kappa shape index (κ3) is 5.84. The van der Waals surface area contributed by atoms with Crippen molar-refractivity contribution >= 4 is 51.5 Å². The summed E-state index contributed by atoms with van der Waals surface area (Å²) in [4.78, 5) is 28.2. The minimum absolute atomic E-state index is 0.260. The van der Waals surface area contributed by atoms with Crippen molar-refractivity contribution in [1.29, 1.82) is 0 Å². The molecule has 0 spiro atoms. The van der Waals surface area contributed by atoms with Gasteiger partial charge in [-0.15, -0.1) is 11.8 Å². The Morgan fingerprint density at radius 2 is 1.68 bits per heavy atom. The lowest BCUT2D eigenvalue weighted by Gasteiger charge is -2.12. The molecule has 1 fully saturated rings. The van der Waals surface area contributed by atoms with Crippen molar-refractivity contribution in [2.75, 3.05) is 19.5 Å². The van der Waals surface area contributed by atoms with E-state index in [2.05, 4.69) is 36.4 Å². The molecular formula is C30H25NO4S2. The first-order chi connectivity index (χ1) is 18.1. The van der Waals surface area contributed by atoms with Crippen LogP contribution in [0.4, 0.5) is 4.79 Å². The number of benzene rings is 4. The van der Waals surface area contributed by atoms with Crippen molar-refractivity contribution in [3.05, 3.63) is 107 Å². The number of nitrogens with zero attached hydrogens (tertiary/aromatic N) is 1. The Hall–Kier alpha value is -3.68. The third-order valence-electron chi connectivity index (χ3n) is 5.89. The number of methoxy groups -OCH3 is 1. The van der Waals surface area contributed by atoms with Crippen LogP contribution < -0.4 is 9.47 Å². The first-order valence-electron chi connectivity index (χ1n) is 11.8. The molecule has 0 aromatic heterocycles. The summed E-state index contributed by atoms with van der Waals surface area (Å²) >= 11 is 2.71. The van der Waals surface area contributed by atoms with Crippen molar-refractivity contribution in [2.45, 2.75) is 11.4 Å². The summed E-state index contributed by atoms with van der Waals surface area (Å²) in [7, 11) is 1.59. The second kappa shape index (κ2) is 11.6. The predicted molar refractivity (Wildman–Crippen MR) is 151 cm³/mol. The number of hydrogen-bond acceptors (Lipinski definition) is 6. The first-order valence-corrected chi connectivity index (χ1v) is 13.6. The van der Waals surface area contributed by atoms with Gasteiger partial charge in [0.25, 0.3) is 11.1 Å². The molecule has 0 bridgehead atoms. The standard InChI is InChI=1S/C30H25NO4S2/c1-34-26-18-22(19-28-29(32)31(30(33)37-28)20-21-8-3-2-4-9-21)14-15-25(26)35-16-17-36-27-13-7-11-23-10-5-6-12-24(23)27/h2-15,18-19H,16-17,20H2,1H3/b28-19-. The molecular weight excluding hydrogens is 502 g/mol. The Balaban J connectivity index is 1.22. The average molecular weight is 528 g/mol. The van der Waals surface area contributed by atoms with E-state index in [0.29, 0.717) is 23.0 Å². The molecule has 5 nitrogen and oxygen atoms in total. The Morgan fingerprint density at radius 3 is 2.51 bits per heavy atom. The lowest BCUT2D eigenvalue weighted by molar-refractivity contribution is -0.123. The summed E-state index contributed by atoms with van der Waals surface area (Å²) in [6, 6.07) is 29.7. The Labute approximate surface area is 224 Å². The van der Waals surface area contributed by atoms with Crippen molar-refractivity contribution in [3.8, 4) is 11.5 Å². The molecule has 1 saturated heterocycles. The molecule has 0 atom stereocenters. The van der Waals surface area contributed by atoms with E-state index in [-0.39, 0.29) is 17.7 Å². The highest BCUT2D eigenvalue weighted by atomic mass is 32.2. The van der Waals surface area contributed by atoms with Crippen molar-refractivity contribution in [2.24, 2.45) is 0 Å². The molecule has 7 heteroatoms. The molecule has 1 heterocycles. The molecule has 0 N–H and O–H groups in total. The fourth-order valence-corrected chi connectivity index (χ4v) is 5.81. The molecule has 4 aromatic carbocycles. The quantitative estimate of drug-likeness (QED) is 0.130. The number of fused-ring (bicyclic) bond motifs is 1. The van der Waals surface area contributed by atoms with Crippen LogP contribution in [0.3, 0.4) is 0 Å². The maximum absolute atomic E-state index is 12.9. The van der Waals surface area contributed by atoms with Crippen LogP contribution in [-0.4, -0.2) is 35.5 Å². The normalized spacial score (nSPS) is 14.5. The van der Waals surface area contributed by atoms with Gasteiger partial charge in [-0.05, 0) is 57.9 Å². The van der Waals surface area contributed by atoms with E-state index < -0.39 is 0 Å². The molecule has 0 aliphatic carbocycles. The lowest BCUT2D eigenvalue weighted by atomic mass is 10.1. The van der Waals surface area contributed by atoms with Crippen LogP contribution in [0.25, 0.3) is 16.8 Å². The highest BCUT2D eigenvalue weighted by molar-refractivity contribution is 8.18. The first kappa shape index (κ1) is 25.0. The van der Waals surface area contributed by atoms with Gasteiger partial charge in [0.15, 0.2) is 11.5 Å². The van der Waals surface area contributed by atoms with Gasteiger partial charge in [0.2, 0.25) is 0 Å². The van der Waals surface area contributed by atoms with Crippen LogP contribution in [0.15, 0.2) is 101 Å². The number of ether oxygens (including phenoxy) is 2. The summed E-state index contributed by atoms with van der Waals surface area (Å²) in [5, 5.41) is 2.20. The Morgan fingerprint density at radius 1 is 0.892 bits per heavy atom. The number of hydrogen-bond donors (Lipinski definition) is 0. The van der Waals surface area contributed by atoms with Crippen molar-refractivity contribution < 1.29 is 19.1 Å². The fourth-order valence-electron chi connectivity index (χ4n) is 4.07. The van der Waals surface area contributed by atoms with E-state index in [9.17, 15) is 9.59 Å². The van der Waals surface area contributed by atoms with Gasteiger partial charge in [-0.2, -0.15) is 0 Å². The van der Waals surface area contributed by atoms with E-state index >= 15 is 0 Å². The zero-order chi connectivity index (χ0) is 25.6. The monoisotopic (exact) mass is 527 g/mol. The number of imide groups is 1. The molecule has 0 radical (unpaired) electrons. The summed E-state index contributed by atoms with van der Waals surface area (Å²) in [5.74, 6) is 1.71. The summed E-state index contributed by atoms with van der Waals surface area (Å²) < 4.78 is 11.5. The number of rotatable bonds is 9. The minimum atomic E-state index is -0.288. The largest absolute Gasteiger partial charge is 0.493 e. The second-order valence-electron chi connectivity index (χ2n) is 8.34. The SMILES string of the molecule is COc1cc(/C=C2\SC(=O)N(Cc3ccccc3)C2=O)ccc1OCCSc1cccc2ccccc12. The molecule has 1 aliphatic heterocycles. The summed E-state index contributed by atoms with van der Waals surface area (Å²) in [6.45, 7) is 0.775. The van der Waals surface area contributed by atoms with Gasteiger partial charge in [0.05, 0.1) is 25.2 Å². The van der Waals surface area contributed by atoms with Gasteiger partial charge in [-0.3, -0.25) is 14.5 Å². The topological polar surface area (TPSA) is 55.8 Å². The number of carbonyl (C=O) groups excluding carboxylic acids is 2. The highest BCUT2D eigenvalue weighted by Gasteiger charge is 2.35. The predicted octanol–water partition coefficient (Wildman–Crippen LogP) is 7.26. The summed E-state index contributed by atoms with van der Waals surface area (Å²) in [5.41, 5.74) is 1.67. The third-order valence-corrected chi connectivity index (χ3v) is 7.84. The maximum atomic E-state index is 12.9. The highest BCUT2D eigenvalue weighted by Crippen LogP contribution is 2.35. The molecule has 2 amide bonds. The summed E-state index contributed by atoms with van der Waals surface area (Å²) in [6.07, 6.45) is 1.72. The van der Waals surface area contributed by atoms with Gasteiger partial charge < -0.3 is 9.47 Å². The van der Waals surface area contributed by atoms with Crippen LogP contribution in [-0.2, 0) is 11.3 Å². The van der Waals surface area contributed by atoms with Gasteiger partial charge in [0.1, 0.15) is 0 Å². The number of thioether (sulfide) groups is 2. The maximum Gasteiger partial charge on any atom is 0.293 e. The molecule has 0 unspecified atom stereocenters. The number of carbonyl (C=O) groups is 2. The average Bonchev–Trinajstić information content (AvgIpc) is 3.19. The molecule has 37 heavy (non-hydrogen) atoms. The van der Waals surface area contributed by atoms with Gasteiger partial charge in [-0.1, -0.05) is 72.8 Å². The van der Waals surface area contributed by atoms with Crippen LogP contribution >= 0.6 is 23.5 Å². The molecule has 186 valence electrons. The van der Waals surface area contributed by atoms with E-state index in [1.807, 2.05) is 54.6 Å². The van der Waals surface area contributed by atoms with E-state index in [1.165, 1.54) is 20.6 Å². The zero-order valence-electron chi connectivity index (χ0n) is 20.3. The van der Waals surface area contributed by atoms with Crippen LogP contribution in [0.5, 0.6) is 11.5 Å². The second-order valence-corrected chi connectivity index (χ2v) is 10.5. The smallest absolute Gasteiger partial charge is 0.293 e. The molecule has 1 aliphatic rings. The van der Waals surface area contributed by atoms with Crippen molar-refractivity contribution in [3.63, 3.8) is 0 Å². The fraction of sp³-hybridized carbons (Fsp3) is 0.133. The Bertz CT molecular complexity index is 1460. The van der Waals surface area contributed by atoms with E-state index in [1.54, 1.807) is 24.9 Å². The minimum Gasteiger partial charge on any atom is -0.493 e. The molecule has 0 saturated carbocycles. The lowest BCUT2D eigenvalue weighted by Crippen LogP contribution is -2.27. The van der Waals surface area contributed by atoms with E-state index in [0.717, 1.165) is 28.6 Å².